The van der Waals surface area contributed by atoms with Crippen molar-refractivity contribution in [3.05, 3.63) is 46.8 Å². The predicted molar refractivity (Wildman–Crippen MR) is 85.6 cm³/mol. The predicted octanol–water partition coefficient (Wildman–Crippen LogP) is 3.76. The molecule has 4 nitrogen and oxygen atoms in total. The Labute approximate surface area is 131 Å². The fraction of sp³-hybridized carbons (Fsp3) is 0.500. The van der Waals surface area contributed by atoms with Gasteiger partial charge in [0.2, 0.25) is 0 Å². The third-order valence-corrected chi connectivity index (χ3v) is 4.52. The SMILES string of the molecule is CC(C)(C)c1ccc(Cn2nnc(C#N)c2C2CCC2)cc1. The lowest BCUT2D eigenvalue weighted by Crippen LogP contribution is -2.17. The Morgan fingerprint density at radius 3 is 2.41 bits per heavy atom. The lowest BCUT2D eigenvalue weighted by atomic mass is 9.82. The Hall–Kier alpha value is -2.15. The Bertz CT molecular complexity index is 694. The summed E-state index contributed by atoms with van der Waals surface area (Å²) in [4.78, 5) is 0. The quantitative estimate of drug-likeness (QED) is 0.866. The molecule has 114 valence electrons. The summed E-state index contributed by atoms with van der Waals surface area (Å²) in [7, 11) is 0. The molecule has 0 radical (unpaired) electrons. The summed E-state index contributed by atoms with van der Waals surface area (Å²) >= 11 is 0. The first-order valence-electron chi connectivity index (χ1n) is 7.92. The van der Waals surface area contributed by atoms with Crippen molar-refractivity contribution in [3.63, 3.8) is 0 Å². The van der Waals surface area contributed by atoms with E-state index in [1.54, 1.807) is 0 Å². The molecule has 1 aliphatic carbocycles. The maximum Gasteiger partial charge on any atom is 0.186 e. The van der Waals surface area contributed by atoms with Crippen LogP contribution in [0.25, 0.3) is 0 Å². The molecule has 0 aliphatic heterocycles. The summed E-state index contributed by atoms with van der Waals surface area (Å²) in [6, 6.07) is 10.9. The Balaban J connectivity index is 1.84. The van der Waals surface area contributed by atoms with Crippen LogP contribution in [0.15, 0.2) is 24.3 Å². The molecule has 0 bridgehead atoms. The largest absolute Gasteiger partial charge is 0.243 e. The van der Waals surface area contributed by atoms with Crippen LogP contribution in [0.5, 0.6) is 0 Å². The van der Waals surface area contributed by atoms with E-state index in [0.29, 0.717) is 18.2 Å². The molecule has 0 unspecified atom stereocenters. The summed E-state index contributed by atoms with van der Waals surface area (Å²) in [5.74, 6) is 0.457. The molecule has 0 atom stereocenters. The van der Waals surface area contributed by atoms with E-state index in [9.17, 15) is 5.26 Å². The molecule has 0 saturated heterocycles. The Morgan fingerprint density at radius 2 is 1.91 bits per heavy atom. The second kappa shape index (κ2) is 5.57. The lowest BCUT2D eigenvalue weighted by Gasteiger charge is -2.26. The highest BCUT2D eigenvalue weighted by Gasteiger charge is 2.27. The van der Waals surface area contributed by atoms with Gasteiger partial charge in [-0.1, -0.05) is 56.7 Å². The van der Waals surface area contributed by atoms with Crippen LogP contribution in [-0.2, 0) is 12.0 Å². The molecule has 22 heavy (non-hydrogen) atoms. The van der Waals surface area contributed by atoms with E-state index >= 15 is 0 Å². The second-order valence-electron chi connectivity index (χ2n) is 7.17. The van der Waals surface area contributed by atoms with Gasteiger partial charge < -0.3 is 0 Å². The molecular weight excluding hydrogens is 272 g/mol. The highest BCUT2D eigenvalue weighted by molar-refractivity contribution is 5.31. The number of nitriles is 1. The van der Waals surface area contributed by atoms with E-state index in [-0.39, 0.29) is 5.41 Å². The van der Waals surface area contributed by atoms with Gasteiger partial charge in [-0.05, 0) is 29.4 Å². The molecule has 1 aliphatic rings. The van der Waals surface area contributed by atoms with Crippen LogP contribution in [0.2, 0.25) is 0 Å². The van der Waals surface area contributed by atoms with Crippen molar-refractivity contribution in [1.29, 1.82) is 5.26 Å². The molecule has 1 heterocycles. The topological polar surface area (TPSA) is 54.5 Å². The minimum absolute atomic E-state index is 0.164. The fourth-order valence-corrected chi connectivity index (χ4v) is 2.89. The number of aromatic nitrogens is 3. The third-order valence-electron chi connectivity index (χ3n) is 4.52. The van der Waals surface area contributed by atoms with Crippen molar-refractivity contribution in [2.24, 2.45) is 0 Å². The van der Waals surface area contributed by atoms with Gasteiger partial charge in [0.05, 0.1) is 12.2 Å². The standard InChI is InChI=1S/C18H22N4/c1-18(2,3)15-9-7-13(8-10-15)12-22-17(14-5-4-6-14)16(11-19)20-21-22/h7-10,14H,4-6,12H2,1-3H3. The molecule has 1 aromatic heterocycles. The van der Waals surface area contributed by atoms with E-state index in [1.807, 2.05) is 4.68 Å². The van der Waals surface area contributed by atoms with Crippen LogP contribution < -0.4 is 0 Å². The van der Waals surface area contributed by atoms with E-state index in [4.69, 9.17) is 0 Å². The maximum atomic E-state index is 9.23. The number of hydrogen-bond donors (Lipinski definition) is 0. The fourth-order valence-electron chi connectivity index (χ4n) is 2.89. The Kier molecular flexibility index (Phi) is 3.74. The smallest absolute Gasteiger partial charge is 0.186 e. The molecule has 0 spiro atoms. The summed E-state index contributed by atoms with van der Waals surface area (Å²) in [5, 5.41) is 17.5. The van der Waals surface area contributed by atoms with E-state index < -0.39 is 0 Å². The zero-order chi connectivity index (χ0) is 15.7. The van der Waals surface area contributed by atoms with Gasteiger partial charge in [0, 0.05) is 5.92 Å². The maximum absolute atomic E-state index is 9.23. The van der Waals surface area contributed by atoms with Gasteiger partial charge >= 0.3 is 0 Å². The van der Waals surface area contributed by atoms with Gasteiger partial charge in [0.1, 0.15) is 6.07 Å². The summed E-state index contributed by atoms with van der Waals surface area (Å²) in [6.07, 6.45) is 3.52. The molecule has 1 saturated carbocycles. The first kappa shape index (κ1) is 14.8. The summed E-state index contributed by atoms with van der Waals surface area (Å²) < 4.78 is 1.91. The number of hydrogen-bond acceptors (Lipinski definition) is 3. The van der Waals surface area contributed by atoms with Crippen molar-refractivity contribution < 1.29 is 0 Å². The van der Waals surface area contributed by atoms with Gasteiger partial charge in [-0.15, -0.1) is 5.10 Å². The first-order chi connectivity index (χ1) is 10.5. The number of nitrogens with zero attached hydrogens (tertiary/aromatic N) is 4. The molecular formula is C18H22N4. The van der Waals surface area contributed by atoms with Crippen molar-refractivity contribution in [3.8, 4) is 6.07 Å². The van der Waals surface area contributed by atoms with Crippen LogP contribution in [-0.4, -0.2) is 15.0 Å². The molecule has 4 heteroatoms. The van der Waals surface area contributed by atoms with Crippen LogP contribution in [0.3, 0.4) is 0 Å². The number of benzene rings is 1. The normalized spacial score (nSPS) is 15.4. The Morgan fingerprint density at radius 1 is 1.23 bits per heavy atom. The van der Waals surface area contributed by atoms with Crippen molar-refractivity contribution in [2.45, 2.75) is 57.9 Å². The lowest BCUT2D eigenvalue weighted by molar-refractivity contribution is 0.391. The van der Waals surface area contributed by atoms with Gasteiger partial charge in [-0.25, -0.2) is 4.68 Å². The average Bonchev–Trinajstić information content (AvgIpc) is 2.79. The van der Waals surface area contributed by atoms with Gasteiger partial charge in [0.25, 0.3) is 0 Å². The van der Waals surface area contributed by atoms with Crippen LogP contribution in [0.4, 0.5) is 0 Å². The minimum atomic E-state index is 0.164. The van der Waals surface area contributed by atoms with E-state index in [0.717, 1.165) is 18.5 Å². The van der Waals surface area contributed by atoms with Crippen molar-refractivity contribution >= 4 is 0 Å². The highest BCUT2D eigenvalue weighted by atomic mass is 15.4. The zero-order valence-electron chi connectivity index (χ0n) is 13.5. The van der Waals surface area contributed by atoms with Crippen molar-refractivity contribution in [2.75, 3.05) is 0 Å². The monoisotopic (exact) mass is 294 g/mol. The van der Waals surface area contributed by atoms with Gasteiger partial charge in [-0.3, -0.25) is 0 Å². The highest BCUT2D eigenvalue weighted by Crippen LogP contribution is 2.37. The molecule has 0 N–H and O–H groups in total. The molecule has 3 rings (SSSR count). The van der Waals surface area contributed by atoms with Gasteiger partial charge in [0.15, 0.2) is 5.69 Å². The molecule has 1 aromatic carbocycles. The first-order valence-corrected chi connectivity index (χ1v) is 7.92. The second-order valence-corrected chi connectivity index (χ2v) is 7.17. The van der Waals surface area contributed by atoms with Crippen LogP contribution in [0, 0.1) is 11.3 Å². The minimum Gasteiger partial charge on any atom is -0.243 e. The number of rotatable bonds is 3. The molecule has 0 amide bonds. The average molecular weight is 294 g/mol. The third kappa shape index (κ3) is 2.76. The van der Waals surface area contributed by atoms with Crippen molar-refractivity contribution in [1.82, 2.24) is 15.0 Å². The zero-order valence-corrected chi connectivity index (χ0v) is 13.5. The van der Waals surface area contributed by atoms with Gasteiger partial charge in [-0.2, -0.15) is 5.26 Å². The van der Waals surface area contributed by atoms with Crippen LogP contribution in [0.1, 0.15) is 68.5 Å². The molecule has 1 fully saturated rings. The summed E-state index contributed by atoms with van der Waals surface area (Å²) in [6.45, 7) is 7.33. The summed E-state index contributed by atoms with van der Waals surface area (Å²) in [5.41, 5.74) is 4.20. The van der Waals surface area contributed by atoms with E-state index in [2.05, 4.69) is 61.4 Å². The van der Waals surface area contributed by atoms with E-state index in [1.165, 1.54) is 17.5 Å². The molecule has 2 aromatic rings. The van der Waals surface area contributed by atoms with Crippen LogP contribution >= 0.6 is 0 Å².